The molecule has 0 rings (SSSR count). The van der Waals surface area contributed by atoms with Gasteiger partial charge in [0.05, 0.1) is 0 Å². The van der Waals surface area contributed by atoms with Gasteiger partial charge in [0, 0.05) is 0 Å². The Morgan fingerprint density at radius 3 is 0.875 bits per heavy atom. The van der Waals surface area contributed by atoms with E-state index in [4.69, 9.17) is 14.7 Å². The molecule has 0 aromatic heterocycles. The first kappa shape index (κ1) is 22.5. The second-order valence-corrected chi connectivity index (χ2v) is 2.68. The van der Waals surface area contributed by atoms with E-state index in [0.717, 1.165) is 0 Å². The first-order valence-electron chi connectivity index (χ1n) is 0.730. The third-order valence-electron chi connectivity index (χ3n) is 0. The maximum atomic E-state index is 8.92. The summed E-state index contributed by atoms with van der Waals surface area (Å²) in [6.07, 6.45) is 0. The maximum Gasteiger partial charge on any atom is 1.00 e. The normalized spacial score (nSPS) is 7.38. The Kier molecular flexibility index (Phi) is 25.5. The Labute approximate surface area is 83.9 Å². The van der Waals surface area contributed by atoms with Gasteiger partial charge >= 0.3 is 51.2 Å². The molecule has 0 spiro atoms. The average molecular weight is 302 g/mol. The summed E-state index contributed by atoms with van der Waals surface area (Å²) < 4.78 is 0. The second-order valence-electron chi connectivity index (χ2n) is 0.447. The molecule has 62 valence electrons. The Hall–Kier alpha value is 2.09. The van der Waals surface area contributed by atoms with E-state index in [0.29, 0.717) is 0 Å². The Morgan fingerprint density at radius 1 is 0.875 bits per heavy atom. The van der Waals surface area contributed by atoms with Gasteiger partial charge in [0.25, 0.3) is 0 Å². The molecule has 0 heterocycles. The van der Waals surface area contributed by atoms with Crippen molar-refractivity contribution in [3.63, 3.8) is 0 Å². The van der Waals surface area contributed by atoms with Gasteiger partial charge < -0.3 is 21.4 Å². The molecular weight excluding hydrogens is 302 g/mol. The molecule has 0 aliphatic heterocycles. The minimum atomic E-state index is -4.56. The molecule has 3 nitrogen and oxygen atoms in total. The van der Waals surface area contributed by atoms with Gasteiger partial charge in [-0.25, -0.2) is 0 Å². The van der Waals surface area contributed by atoms with Crippen molar-refractivity contribution in [3.05, 3.63) is 0 Å². The van der Waals surface area contributed by atoms with Crippen LogP contribution in [-0.2, 0) is 63.0 Å². The smallest absolute Gasteiger partial charge is 0.844 e. The van der Waals surface area contributed by atoms with Crippen LogP contribution in [0.5, 0.6) is 0 Å². The standard InChI is InChI=1S/3Cu.H3O3PS/c;;;1-4(2,3)5/h;;;(H3,1,2,3,5)/q3*+1;/p-3. The van der Waals surface area contributed by atoms with Crippen LogP contribution >= 0.6 is 6.72 Å². The maximum absolute atomic E-state index is 8.92. The molecular formula is Cu3O3PS. The van der Waals surface area contributed by atoms with E-state index in [2.05, 4.69) is 11.8 Å². The summed E-state index contributed by atoms with van der Waals surface area (Å²) >= 11 is 3.27. The van der Waals surface area contributed by atoms with E-state index in [9.17, 15) is 0 Å². The van der Waals surface area contributed by atoms with Crippen molar-refractivity contribution >= 4 is 18.5 Å². The predicted molar refractivity (Wildman–Crippen MR) is 14.3 cm³/mol. The van der Waals surface area contributed by atoms with Crippen LogP contribution in [0, 0.1) is 0 Å². The third-order valence-corrected chi connectivity index (χ3v) is 0. The molecule has 0 atom stereocenters. The van der Waals surface area contributed by atoms with E-state index in [1.807, 2.05) is 0 Å². The molecule has 0 aliphatic carbocycles. The summed E-state index contributed by atoms with van der Waals surface area (Å²) in [6, 6.07) is 0. The molecule has 0 bridgehead atoms. The van der Waals surface area contributed by atoms with Gasteiger partial charge in [-0.2, -0.15) is 11.8 Å². The minimum absolute atomic E-state index is 0. The Bertz CT molecular complexity index is 60.7. The zero-order chi connectivity index (χ0) is 4.50. The molecule has 0 N–H and O–H groups in total. The van der Waals surface area contributed by atoms with Crippen LogP contribution in [0.1, 0.15) is 0 Å². The van der Waals surface area contributed by atoms with Crippen molar-refractivity contribution in [2.45, 2.75) is 0 Å². The van der Waals surface area contributed by atoms with Crippen LogP contribution in [0.15, 0.2) is 0 Å². The predicted octanol–water partition coefficient (Wildman–Crippen LogP) is -2.72. The molecule has 0 unspecified atom stereocenters. The fourth-order valence-corrected chi connectivity index (χ4v) is 0. The van der Waals surface area contributed by atoms with Crippen molar-refractivity contribution in [1.82, 2.24) is 0 Å². The third kappa shape index (κ3) is 93.2. The summed E-state index contributed by atoms with van der Waals surface area (Å²) in [6.45, 7) is -4.56. The molecule has 0 saturated carbocycles. The van der Waals surface area contributed by atoms with E-state index in [-0.39, 0.29) is 51.2 Å². The topological polar surface area (TPSA) is 69.2 Å². The number of hydrogen-bond donors (Lipinski definition) is 0. The molecule has 0 radical (unpaired) electrons. The van der Waals surface area contributed by atoms with Gasteiger partial charge in [-0.3, -0.25) is 0 Å². The fraction of sp³-hybridized carbons (Fsp3) is 0. The van der Waals surface area contributed by atoms with Crippen molar-refractivity contribution in [3.8, 4) is 0 Å². The van der Waals surface area contributed by atoms with Crippen molar-refractivity contribution in [1.29, 1.82) is 0 Å². The molecule has 0 amide bonds. The van der Waals surface area contributed by atoms with E-state index >= 15 is 0 Å². The first-order valence-corrected chi connectivity index (χ1v) is 3.29. The Morgan fingerprint density at radius 2 is 0.875 bits per heavy atom. The summed E-state index contributed by atoms with van der Waals surface area (Å²) in [4.78, 5) is 26.8. The summed E-state index contributed by atoms with van der Waals surface area (Å²) in [5, 5.41) is 0. The molecule has 0 fully saturated rings. The van der Waals surface area contributed by atoms with Gasteiger partial charge in [-0.15, -0.1) is 0 Å². The second kappa shape index (κ2) is 9.09. The summed E-state index contributed by atoms with van der Waals surface area (Å²) in [5.41, 5.74) is 0. The zero-order valence-corrected chi connectivity index (χ0v) is 7.52. The van der Waals surface area contributed by atoms with Gasteiger partial charge in [-0.1, -0.05) is 0 Å². The summed E-state index contributed by atoms with van der Waals surface area (Å²) in [5.74, 6) is 0. The quantitative estimate of drug-likeness (QED) is 0.360. The van der Waals surface area contributed by atoms with E-state index in [1.165, 1.54) is 0 Å². The Balaban J connectivity index is -0.0000000267. The molecule has 0 aromatic rings. The van der Waals surface area contributed by atoms with E-state index < -0.39 is 6.72 Å². The number of hydrogen-bond acceptors (Lipinski definition) is 4. The number of rotatable bonds is 0. The molecule has 0 aliphatic rings. The van der Waals surface area contributed by atoms with E-state index in [1.54, 1.807) is 0 Å². The van der Waals surface area contributed by atoms with Crippen molar-refractivity contribution in [2.24, 2.45) is 0 Å². The van der Waals surface area contributed by atoms with Crippen molar-refractivity contribution in [2.75, 3.05) is 0 Å². The molecule has 0 aromatic carbocycles. The molecule has 8 heavy (non-hydrogen) atoms. The SMILES string of the molecule is [Cu+].[Cu+].[Cu+].[O-]P([O-])([O-])=S. The molecule has 0 saturated heterocycles. The minimum Gasteiger partial charge on any atom is -0.844 e. The van der Waals surface area contributed by atoms with Crippen LogP contribution < -0.4 is 14.7 Å². The van der Waals surface area contributed by atoms with Crippen LogP contribution in [0.2, 0.25) is 0 Å². The van der Waals surface area contributed by atoms with Crippen LogP contribution in [-0.4, -0.2) is 0 Å². The van der Waals surface area contributed by atoms with Crippen molar-refractivity contribution < 1.29 is 65.9 Å². The van der Waals surface area contributed by atoms with Crippen LogP contribution in [0.25, 0.3) is 0 Å². The van der Waals surface area contributed by atoms with Gasteiger partial charge in [-0.05, 0) is 0 Å². The van der Waals surface area contributed by atoms with Crippen LogP contribution in [0.3, 0.4) is 0 Å². The van der Waals surface area contributed by atoms with Gasteiger partial charge in [0.1, 0.15) is 0 Å². The first-order chi connectivity index (χ1) is 2.00. The fourth-order valence-electron chi connectivity index (χ4n) is 0. The zero-order valence-electron chi connectivity index (χ0n) is 2.98. The average Bonchev–Trinajstić information content (AvgIpc) is 0.722. The van der Waals surface area contributed by atoms with Crippen LogP contribution in [0.4, 0.5) is 0 Å². The molecule has 8 heteroatoms. The monoisotopic (exact) mass is 300 g/mol. The largest absolute Gasteiger partial charge is 1.00 e. The summed E-state index contributed by atoms with van der Waals surface area (Å²) in [7, 11) is 0. The van der Waals surface area contributed by atoms with Gasteiger partial charge in [0.2, 0.25) is 0 Å². The van der Waals surface area contributed by atoms with Gasteiger partial charge in [0.15, 0.2) is 0 Å².